The molecule has 0 unspecified atom stereocenters. The van der Waals surface area contributed by atoms with Crippen LogP contribution in [0.5, 0.6) is 0 Å². The van der Waals surface area contributed by atoms with Crippen molar-refractivity contribution in [3.8, 4) is 0 Å². The Morgan fingerprint density at radius 3 is 2.33 bits per heavy atom. The molecule has 0 spiro atoms. The number of rotatable bonds is 7. The van der Waals surface area contributed by atoms with E-state index in [0.29, 0.717) is 0 Å². The van der Waals surface area contributed by atoms with Gasteiger partial charge in [0.05, 0.1) is 19.8 Å². The molecule has 0 aliphatic heterocycles. The van der Waals surface area contributed by atoms with Crippen LogP contribution in [0.2, 0.25) is 0 Å². The number of hydrogen-bond donors (Lipinski definition) is 3. The molecule has 0 radical (unpaired) electrons. The molecule has 15 heavy (non-hydrogen) atoms. The van der Waals surface area contributed by atoms with Crippen LogP contribution < -0.4 is 9.44 Å². The summed E-state index contributed by atoms with van der Waals surface area (Å²) in [5.41, 5.74) is -0.502. The molecule has 0 heterocycles. The zero-order valence-corrected chi connectivity index (χ0v) is 10.2. The van der Waals surface area contributed by atoms with E-state index in [1.165, 1.54) is 0 Å². The SMILES string of the molecule is CC(C)(C)NS(=O)(=O)NCCOCCO. The first kappa shape index (κ1) is 14.8. The summed E-state index contributed by atoms with van der Waals surface area (Å²) < 4.78 is 32.4. The number of aliphatic hydroxyl groups is 1. The van der Waals surface area contributed by atoms with Crippen molar-refractivity contribution in [3.63, 3.8) is 0 Å². The van der Waals surface area contributed by atoms with Gasteiger partial charge in [-0.1, -0.05) is 0 Å². The van der Waals surface area contributed by atoms with E-state index in [4.69, 9.17) is 9.84 Å². The van der Waals surface area contributed by atoms with E-state index in [1.807, 2.05) is 0 Å². The maximum atomic E-state index is 11.4. The molecule has 7 heteroatoms. The summed E-state index contributed by atoms with van der Waals surface area (Å²) >= 11 is 0. The normalized spacial score (nSPS) is 13.1. The highest BCUT2D eigenvalue weighted by atomic mass is 32.2. The van der Waals surface area contributed by atoms with Gasteiger partial charge in [-0.05, 0) is 20.8 Å². The maximum Gasteiger partial charge on any atom is 0.277 e. The summed E-state index contributed by atoms with van der Waals surface area (Å²) in [5.74, 6) is 0. The zero-order chi connectivity index (χ0) is 11.9. The van der Waals surface area contributed by atoms with Gasteiger partial charge in [-0.2, -0.15) is 17.9 Å². The van der Waals surface area contributed by atoms with Crippen LogP contribution in [0.4, 0.5) is 0 Å². The van der Waals surface area contributed by atoms with Crippen LogP contribution in [0.1, 0.15) is 20.8 Å². The molecule has 0 saturated carbocycles. The number of hydrogen-bond acceptors (Lipinski definition) is 4. The van der Waals surface area contributed by atoms with Gasteiger partial charge in [-0.15, -0.1) is 0 Å². The minimum atomic E-state index is -3.47. The predicted molar refractivity (Wildman–Crippen MR) is 57.7 cm³/mol. The highest BCUT2D eigenvalue weighted by Gasteiger charge is 2.18. The predicted octanol–water partition coefficient (Wildman–Crippen LogP) is -0.782. The Labute approximate surface area is 91.2 Å². The monoisotopic (exact) mass is 240 g/mol. The third-order valence-corrected chi connectivity index (χ3v) is 2.68. The fraction of sp³-hybridized carbons (Fsp3) is 1.00. The van der Waals surface area contributed by atoms with Gasteiger partial charge in [0.15, 0.2) is 0 Å². The first-order valence-electron chi connectivity index (χ1n) is 4.74. The second-order valence-electron chi connectivity index (χ2n) is 4.09. The average Bonchev–Trinajstić information content (AvgIpc) is 1.99. The molecule has 0 aromatic carbocycles. The smallest absolute Gasteiger partial charge is 0.277 e. The van der Waals surface area contributed by atoms with Crippen molar-refractivity contribution in [1.82, 2.24) is 9.44 Å². The van der Waals surface area contributed by atoms with E-state index >= 15 is 0 Å². The molecule has 0 aliphatic carbocycles. The molecule has 3 N–H and O–H groups in total. The molecule has 0 bridgehead atoms. The molecule has 0 amide bonds. The summed E-state index contributed by atoms with van der Waals surface area (Å²) in [7, 11) is -3.47. The molecule has 0 atom stereocenters. The Balaban J connectivity index is 3.76. The third kappa shape index (κ3) is 10.1. The van der Waals surface area contributed by atoms with Gasteiger partial charge >= 0.3 is 0 Å². The molecule has 0 fully saturated rings. The summed E-state index contributed by atoms with van der Waals surface area (Å²) in [6, 6.07) is 0. The molecule has 6 nitrogen and oxygen atoms in total. The highest BCUT2D eigenvalue weighted by Crippen LogP contribution is 1.99. The third-order valence-electron chi connectivity index (χ3n) is 1.21. The molecular formula is C8H20N2O4S. The lowest BCUT2D eigenvalue weighted by Crippen LogP contribution is -2.47. The molecule has 0 aliphatic rings. The van der Waals surface area contributed by atoms with E-state index in [2.05, 4.69) is 9.44 Å². The van der Waals surface area contributed by atoms with Crippen LogP contribution >= 0.6 is 0 Å². The van der Waals surface area contributed by atoms with Crippen molar-refractivity contribution >= 4 is 10.2 Å². The minimum Gasteiger partial charge on any atom is -0.394 e. The molecule has 0 saturated heterocycles. The first-order valence-corrected chi connectivity index (χ1v) is 6.22. The number of ether oxygens (including phenoxy) is 1. The van der Waals surface area contributed by atoms with Gasteiger partial charge in [-0.25, -0.2) is 0 Å². The van der Waals surface area contributed by atoms with Crippen LogP contribution in [-0.4, -0.2) is 45.4 Å². The fourth-order valence-corrected chi connectivity index (χ4v) is 2.08. The summed E-state index contributed by atoms with van der Waals surface area (Å²) in [4.78, 5) is 0. The lowest BCUT2D eigenvalue weighted by atomic mass is 10.1. The number of aliphatic hydroxyl groups excluding tert-OH is 1. The van der Waals surface area contributed by atoms with Gasteiger partial charge in [0, 0.05) is 12.1 Å². The van der Waals surface area contributed by atoms with E-state index in [1.54, 1.807) is 20.8 Å². The largest absolute Gasteiger partial charge is 0.394 e. The standard InChI is InChI=1S/C8H20N2O4S/c1-8(2,3)10-15(12,13)9-4-6-14-7-5-11/h9-11H,4-7H2,1-3H3. The summed E-state index contributed by atoms with van der Waals surface area (Å²) in [6.07, 6.45) is 0. The van der Waals surface area contributed by atoms with E-state index in [9.17, 15) is 8.42 Å². The van der Waals surface area contributed by atoms with Crippen molar-refractivity contribution in [3.05, 3.63) is 0 Å². The van der Waals surface area contributed by atoms with Crippen LogP contribution in [0, 0.1) is 0 Å². The average molecular weight is 240 g/mol. The van der Waals surface area contributed by atoms with E-state index < -0.39 is 15.7 Å². The maximum absolute atomic E-state index is 11.4. The van der Waals surface area contributed by atoms with Crippen LogP contribution in [-0.2, 0) is 14.9 Å². The van der Waals surface area contributed by atoms with Crippen molar-refractivity contribution in [2.75, 3.05) is 26.4 Å². The van der Waals surface area contributed by atoms with Gasteiger partial charge in [0.2, 0.25) is 0 Å². The first-order chi connectivity index (χ1) is 6.77. The second-order valence-corrected chi connectivity index (χ2v) is 5.59. The summed E-state index contributed by atoms with van der Waals surface area (Å²) in [5, 5.41) is 8.40. The van der Waals surface area contributed by atoms with Crippen LogP contribution in [0.25, 0.3) is 0 Å². The Morgan fingerprint density at radius 2 is 1.87 bits per heavy atom. The van der Waals surface area contributed by atoms with Crippen molar-refractivity contribution in [1.29, 1.82) is 0 Å². The van der Waals surface area contributed by atoms with E-state index in [0.717, 1.165) is 0 Å². The summed E-state index contributed by atoms with van der Waals surface area (Å²) in [6.45, 7) is 5.86. The van der Waals surface area contributed by atoms with Gasteiger partial charge in [-0.3, -0.25) is 0 Å². The minimum absolute atomic E-state index is 0.0625. The fourth-order valence-electron chi connectivity index (χ4n) is 0.854. The topological polar surface area (TPSA) is 87.7 Å². The Kier molecular flexibility index (Phi) is 6.30. The second kappa shape index (κ2) is 6.39. The molecular weight excluding hydrogens is 220 g/mol. The lowest BCUT2D eigenvalue weighted by molar-refractivity contribution is 0.0961. The Hall–Kier alpha value is -0.210. The van der Waals surface area contributed by atoms with Crippen molar-refractivity contribution < 1.29 is 18.3 Å². The van der Waals surface area contributed by atoms with Crippen molar-refractivity contribution in [2.24, 2.45) is 0 Å². The Morgan fingerprint density at radius 1 is 1.27 bits per heavy atom. The Bertz CT molecular complexity index is 258. The van der Waals surface area contributed by atoms with Crippen molar-refractivity contribution in [2.45, 2.75) is 26.3 Å². The van der Waals surface area contributed by atoms with Crippen LogP contribution in [0.15, 0.2) is 0 Å². The van der Waals surface area contributed by atoms with Gasteiger partial charge in [0.25, 0.3) is 10.2 Å². The van der Waals surface area contributed by atoms with Crippen LogP contribution in [0.3, 0.4) is 0 Å². The van der Waals surface area contributed by atoms with Gasteiger partial charge in [0.1, 0.15) is 0 Å². The molecule has 0 aromatic heterocycles. The molecule has 0 aromatic rings. The highest BCUT2D eigenvalue weighted by molar-refractivity contribution is 7.87. The number of nitrogens with one attached hydrogen (secondary N) is 2. The quantitative estimate of drug-likeness (QED) is 0.509. The van der Waals surface area contributed by atoms with Gasteiger partial charge < -0.3 is 9.84 Å². The zero-order valence-electron chi connectivity index (χ0n) is 9.41. The lowest BCUT2D eigenvalue weighted by Gasteiger charge is -2.20. The molecule has 92 valence electrons. The molecule has 0 rings (SSSR count). The van der Waals surface area contributed by atoms with E-state index in [-0.39, 0.29) is 26.4 Å².